The van der Waals surface area contributed by atoms with Crippen LogP contribution in [-0.2, 0) is 4.79 Å². The van der Waals surface area contributed by atoms with E-state index in [9.17, 15) is 27.6 Å². The number of primary amides is 1. The highest BCUT2D eigenvalue weighted by molar-refractivity contribution is 5.97. The molecule has 4 N–H and O–H groups in total. The molecule has 1 aromatic carbocycles. The monoisotopic (exact) mass is 345 g/mol. The molecule has 1 aliphatic heterocycles. The molecule has 1 unspecified atom stereocenters. The first-order valence-electron chi connectivity index (χ1n) is 6.83. The highest BCUT2D eigenvalue weighted by Gasteiger charge is 2.64. The number of carbonyl (C=O) groups excluding carboxylic acids is 2. The van der Waals surface area contributed by atoms with Crippen molar-refractivity contribution in [3.8, 4) is 0 Å². The number of hydrogen-bond acceptors (Lipinski definition) is 3. The number of rotatable bonds is 3. The number of amides is 3. The van der Waals surface area contributed by atoms with E-state index in [4.69, 9.17) is 10.8 Å². The summed E-state index contributed by atoms with van der Waals surface area (Å²) < 4.78 is 39.4. The number of hydrogen-bond donors (Lipinski definition) is 3. The minimum Gasteiger partial charge on any atom is -0.481 e. The van der Waals surface area contributed by atoms with E-state index in [1.165, 1.54) is 24.3 Å². The van der Waals surface area contributed by atoms with Gasteiger partial charge in [0.15, 0.2) is 5.41 Å². The third-order valence-electron chi connectivity index (χ3n) is 3.89. The van der Waals surface area contributed by atoms with Crippen LogP contribution in [0.15, 0.2) is 24.3 Å². The van der Waals surface area contributed by atoms with Gasteiger partial charge in [-0.15, -0.1) is 0 Å². The first-order valence-corrected chi connectivity index (χ1v) is 6.83. The third-order valence-corrected chi connectivity index (χ3v) is 3.89. The number of nitrogens with two attached hydrogens (primary N) is 1. The Labute approximate surface area is 134 Å². The van der Waals surface area contributed by atoms with Gasteiger partial charge in [0.25, 0.3) is 5.91 Å². The summed E-state index contributed by atoms with van der Waals surface area (Å²) in [5, 5.41) is 11.2. The lowest BCUT2D eigenvalue weighted by molar-refractivity contribution is -0.227. The highest BCUT2D eigenvalue weighted by atomic mass is 19.4. The van der Waals surface area contributed by atoms with E-state index in [2.05, 4.69) is 5.32 Å². The number of carbonyl (C=O) groups is 3. The Balaban J connectivity index is 2.23. The van der Waals surface area contributed by atoms with E-state index < -0.39 is 42.5 Å². The smallest absolute Gasteiger partial charge is 0.406 e. The molecule has 1 heterocycles. The second-order valence-corrected chi connectivity index (χ2v) is 5.43. The Hall–Kier alpha value is -2.78. The normalized spacial score (nSPS) is 20.7. The van der Waals surface area contributed by atoms with Gasteiger partial charge >= 0.3 is 18.2 Å². The lowest BCUT2D eigenvalue weighted by atomic mass is 9.86. The third kappa shape index (κ3) is 3.12. The molecule has 1 fully saturated rings. The zero-order valence-corrected chi connectivity index (χ0v) is 12.3. The van der Waals surface area contributed by atoms with Gasteiger partial charge in [0.1, 0.15) is 0 Å². The summed E-state index contributed by atoms with van der Waals surface area (Å²) in [4.78, 5) is 35.1. The van der Waals surface area contributed by atoms with Crippen LogP contribution in [0.5, 0.6) is 0 Å². The molecular weight excluding hydrogens is 331 g/mol. The summed E-state index contributed by atoms with van der Waals surface area (Å²) in [5.41, 5.74) is 2.21. The van der Waals surface area contributed by atoms with Crippen LogP contribution in [0.4, 0.5) is 23.7 Å². The van der Waals surface area contributed by atoms with Crippen LogP contribution < -0.4 is 11.1 Å². The fourth-order valence-corrected chi connectivity index (χ4v) is 2.57. The summed E-state index contributed by atoms with van der Waals surface area (Å²) in [5.74, 6) is -2.76. The predicted molar refractivity (Wildman–Crippen MR) is 76.3 cm³/mol. The van der Waals surface area contributed by atoms with Crippen molar-refractivity contribution in [3.63, 3.8) is 0 Å². The van der Waals surface area contributed by atoms with Crippen molar-refractivity contribution in [3.05, 3.63) is 29.8 Å². The summed E-state index contributed by atoms with van der Waals surface area (Å²) in [7, 11) is 0. The van der Waals surface area contributed by atoms with Gasteiger partial charge in [-0.3, -0.25) is 9.59 Å². The van der Waals surface area contributed by atoms with Crippen LogP contribution in [0.1, 0.15) is 16.8 Å². The highest BCUT2D eigenvalue weighted by Crippen LogP contribution is 2.46. The van der Waals surface area contributed by atoms with Gasteiger partial charge in [-0.2, -0.15) is 13.2 Å². The molecule has 1 saturated heterocycles. The molecule has 3 amide bonds. The van der Waals surface area contributed by atoms with Crippen molar-refractivity contribution in [2.45, 2.75) is 12.6 Å². The molecule has 0 spiro atoms. The summed E-state index contributed by atoms with van der Waals surface area (Å²) >= 11 is 0. The van der Waals surface area contributed by atoms with Gasteiger partial charge in [0.2, 0.25) is 0 Å². The molecule has 130 valence electrons. The van der Waals surface area contributed by atoms with Crippen molar-refractivity contribution in [1.82, 2.24) is 4.90 Å². The maximum atomic E-state index is 13.1. The second-order valence-electron chi connectivity index (χ2n) is 5.43. The van der Waals surface area contributed by atoms with E-state index in [0.29, 0.717) is 0 Å². The Bertz CT molecular complexity index is 692. The SMILES string of the molecule is NC(=O)Nc1cccc(C(=O)N2CCC(C(=O)O)(C(F)(F)F)C2)c1. The molecule has 7 nitrogen and oxygen atoms in total. The number of alkyl halides is 3. The minimum absolute atomic E-state index is 0.0182. The molecule has 0 radical (unpaired) electrons. The van der Waals surface area contributed by atoms with Crippen molar-refractivity contribution in [2.75, 3.05) is 18.4 Å². The Morgan fingerprint density at radius 1 is 1.29 bits per heavy atom. The Morgan fingerprint density at radius 2 is 1.96 bits per heavy atom. The molecule has 1 aliphatic rings. The first kappa shape index (κ1) is 17.6. The number of carboxylic acid groups (broad SMARTS) is 1. The average Bonchev–Trinajstić information content (AvgIpc) is 2.92. The number of urea groups is 1. The maximum Gasteiger partial charge on any atom is 0.406 e. The number of nitrogens with one attached hydrogen (secondary N) is 1. The van der Waals surface area contributed by atoms with Gasteiger partial charge in [-0.25, -0.2) is 4.79 Å². The molecule has 2 rings (SSSR count). The number of carboxylic acids is 1. The number of halogens is 3. The zero-order chi connectivity index (χ0) is 18.1. The molecular formula is C14H14F3N3O4. The first-order chi connectivity index (χ1) is 11.1. The number of anilines is 1. The van der Waals surface area contributed by atoms with Gasteiger partial charge < -0.3 is 21.1 Å². The molecule has 0 saturated carbocycles. The summed E-state index contributed by atoms with van der Waals surface area (Å²) in [6.07, 6.45) is -5.68. The number of aliphatic carboxylic acids is 1. The van der Waals surface area contributed by atoms with Crippen LogP contribution in [0, 0.1) is 5.41 Å². The van der Waals surface area contributed by atoms with E-state index in [-0.39, 0.29) is 17.8 Å². The quantitative estimate of drug-likeness (QED) is 0.773. The number of likely N-dealkylation sites (tertiary alicyclic amines) is 1. The van der Waals surface area contributed by atoms with Crippen molar-refractivity contribution < 1.29 is 32.7 Å². The molecule has 24 heavy (non-hydrogen) atoms. The summed E-state index contributed by atoms with van der Waals surface area (Å²) in [6.45, 7) is -1.30. The minimum atomic E-state index is -4.97. The van der Waals surface area contributed by atoms with Crippen LogP contribution in [0.2, 0.25) is 0 Å². The molecule has 0 aliphatic carbocycles. The van der Waals surface area contributed by atoms with E-state index in [1.807, 2.05) is 0 Å². The topological polar surface area (TPSA) is 113 Å². The standard InChI is InChI=1S/C14H14F3N3O4/c15-14(16,17)13(11(22)23)4-5-20(7-13)10(21)8-2-1-3-9(6-8)19-12(18)24/h1-3,6H,4-5,7H2,(H,22,23)(H3,18,19,24). The second kappa shape index (κ2) is 6.02. The Kier molecular flexibility index (Phi) is 4.41. The average molecular weight is 345 g/mol. The molecule has 0 bridgehead atoms. The van der Waals surface area contributed by atoms with Crippen LogP contribution >= 0.6 is 0 Å². The van der Waals surface area contributed by atoms with Gasteiger partial charge in [0, 0.05) is 24.3 Å². The van der Waals surface area contributed by atoms with Crippen molar-refractivity contribution in [2.24, 2.45) is 11.1 Å². The van der Waals surface area contributed by atoms with Crippen LogP contribution in [-0.4, -0.2) is 47.2 Å². The van der Waals surface area contributed by atoms with Gasteiger partial charge in [-0.1, -0.05) is 6.07 Å². The van der Waals surface area contributed by atoms with Gasteiger partial charge in [0.05, 0.1) is 0 Å². The molecule has 1 aromatic rings. The number of nitrogens with zero attached hydrogens (tertiary/aromatic N) is 1. The zero-order valence-electron chi connectivity index (χ0n) is 12.3. The number of benzene rings is 1. The largest absolute Gasteiger partial charge is 0.481 e. The lowest BCUT2D eigenvalue weighted by Crippen LogP contribution is -2.47. The van der Waals surface area contributed by atoms with E-state index in [1.54, 1.807) is 0 Å². The predicted octanol–water partition coefficient (Wildman–Crippen LogP) is 1.66. The van der Waals surface area contributed by atoms with Crippen molar-refractivity contribution >= 4 is 23.6 Å². The fourth-order valence-electron chi connectivity index (χ4n) is 2.57. The van der Waals surface area contributed by atoms with E-state index >= 15 is 0 Å². The Morgan fingerprint density at radius 3 is 2.46 bits per heavy atom. The van der Waals surface area contributed by atoms with Crippen LogP contribution in [0.25, 0.3) is 0 Å². The van der Waals surface area contributed by atoms with Crippen molar-refractivity contribution in [1.29, 1.82) is 0 Å². The van der Waals surface area contributed by atoms with E-state index in [0.717, 1.165) is 4.90 Å². The molecule has 0 aromatic heterocycles. The summed E-state index contributed by atoms with van der Waals surface area (Å²) in [6, 6.07) is 4.61. The molecule has 10 heteroatoms. The maximum absolute atomic E-state index is 13.1. The fraction of sp³-hybridized carbons (Fsp3) is 0.357. The molecule has 1 atom stereocenters. The van der Waals surface area contributed by atoms with Gasteiger partial charge in [-0.05, 0) is 24.6 Å². The van der Waals surface area contributed by atoms with Crippen LogP contribution in [0.3, 0.4) is 0 Å². The lowest BCUT2D eigenvalue weighted by Gasteiger charge is -2.27.